The number of thioether (sulfide) groups is 1. The lowest BCUT2D eigenvalue weighted by atomic mass is 10.1. The Balaban J connectivity index is 1.63. The molecule has 1 aliphatic heterocycles. The third-order valence-corrected chi connectivity index (χ3v) is 6.72. The van der Waals surface area contributed by atoms with Crippen LogP contribution in [0.4, 0.5) is 5.69 Å². The number of benzene rings is 2. The van der Waals surface area contributed by atoms with Crippen LogP contribution < -0.4 is 14.6 Å². The van der Waals surface area contributed by atoms with E-state index in [0.717, 1.165) is 36.6 Å². The van der Waals surface area contributed by atoms with Gasteiger partial charge in [-0.25, -0.2) is 0 Å². The molecule has 4 rings (SSSR count). The smallest absolute Gasteiger partial charge is 0.213 e. The van der Waals surface area contributed by atoms with Crippen molar-refractivity contribution in [3.05, 3.63) is 81.9 Å². The molecule has 0 amide bonds. The summed E-state index contributed by atoms with van der Waals surface area (Å²) in [5.74, 6) is 0. The number of aromatic nitrogens is 1. The quantitative estimate of drug-likeness (QED) is 0.489. The molecule has 0 spiro atoms. The van der Waals surface area contributed by atoms with Gasteiger partial charge in [0.2, 0.25) is 5.52 Å². The van der Waals surface area contributed by atoms with Gasteiger partial charge in [-0.15, -0.1) is 6.61 Å². The zero-order valence-corrected chi connectivity index (χ0v) is 19.2. The molecule has 2 heterocycles. The Labute approximate surface area is 194 Å². The van der Waals surface area contributed by atoms with E-state index in [0.29, 0.717) is 13.1 Å². The van der Waals surface area contributed by atoms with Crippen molar-refractivity contribution in [3.63, 3.8) is 0 Å². The van der Waals surface area contributed by atoms with Gasteiger partial charge < -0.3 is 20.2 Å². The van der Waals surface area contributed by atoms with Crippen LogP contribution in [0.2, 0.25) is 0 Å². The number of allylic oxidation sites excluding steroid dienone is 2. The first-order valence-electron chi connectivity index (χ1n) is 10.0. The van der Waals surface area contributed by atoms with E-state index >= 15 is 0 Å². The molecule has 5 nitrogen and oxygen atoms in total. The Hall–Kier alpha value is -2.16. The number of fused-ring (bicyclic) bond motifs is 2. The average molecular weight is 499 g/mol. The Morgan fingerprint density at radius 2 is 2.03 bits per heavy atom. The molecule has 31 heavy (non-hydrogen) atoms. The third-order valence-electron chi connectivity index (χ3n) is 5.10. The predicted octanol–water partition coefficient (Wildman–Crippen LogP) is 3.07. The highest BCUT2D eigenvalue weighted by Gasteiger charge is 2.23. The predicted molar refractivity (Wildman–Crippen MR) is 127 cm³/mol. The topological polar surface area (TPSA) is 70.6 Å². The molecule has 0 radical (unpaired) electrons. The minimum atomic E-state index is -0.799. The van der Waals surface area contributed by atoms with Crippen LogP contribution in [-0.4, -0.2) is 36.1 Å². The Morgan fingerprint density at radius 3 is 2.84 bits per heavy atom. The summed E-state index contributed by atoms with van der Waals surface area (Å²) >= 11 is 5.18. The van der Waals surface area contributed by atoms with Crippen molar-refractivity contribution in [1.82, 2.24) is 0 Å². The highest BCUT2D eigenvalue weighted by Crippen LogP contribution is 2.46. The fraction of sp³-hybridized carbons (Fsp3) is 0.208. The van der Waals surface area contributed by atoms with Crippen LogP contribution in [0.3, 0.4) is 0 Å². The van der Waals surface area contributed by atoms with Crippen molar-refractivity contribution in [2.24, 2.45) is 0 Å². The van der Waals surface area contributed by atoms with E-state index < -0.39 is 6.10 Å². The normalized spacial score (nSPS) is 15.9. The van der Waals surface area contributed by atoms with Crippen LogP contribution in [-0.2, 0) is 6.54 Å². The van der Waals surface area contributed by atoms with Gasteiger partial charge in [0.05, 0.1) is 22.7 Å². The fourth-order valence-electron chi connectivity index (χ4n) is 3.65. The van der Waals surface area contributed by atoms with Gasteiger partial charge in [-0.3, -0.25) is 0 Å². The zero-order valence-electron chi connectivity index (χ0n) is 16.8. The summed E-state index contributed by atoms with van der Waals surface area (Å²) in [5.41, 5.74) is 3.11. The van der Waals surface area contributed by atoms with E-state index in [4.69, 9.17) is 0 Å². The van der Waals surface area contributed by atoms with Gasteiger partial charge >= 0.3 is 0 Å². The van der Waals surface area contributed by atoms with Crippen molar-refractivity contribution in [2.75, 3.05) is 24.7 Å². The molecular weight excluding hydrogens is 476 g/mol. The van der Waals surface area contributed by atoms with Crippen LogP contribution in [0, 0.1) is 0 Å². The molecule has 2 N–H and O–H groups in total. The summed E-state index contributed by atoms with van der Waals surface area (Å²) in [6.45, 7) is 0.320. The van der Waals surface area contributed by atoms with E-state index in [9.17, 15) is 15.3 Å². The Kier molecular flexibility index (Phi) is 7.09. The second kappa shape index (κ2) is 9.97. The standard InChI is InChI=1S/C24H23BrN2O3S/c25-18-8-9-23-22(14-18)27(12-13-28)24(31-23)7-3-4-17-10-11-26(15-19(30)16-29)21-6-2-1-5-20(17)21/h1-11,14,19,29-30H,12-13,15-16H2. The number of aliphatic hydroxyl groups excluding tert-OH is 2. The second-order valence-corrected chi connectivity index (χ2v) is 9.19. The van der Waals surface area contributed by atoms with Gasteiger partial charge in [-0.1, -0.05) is 52.0 Å². The number of halogens is 1. The number of aliphatic hydroxyl groups is 2. The van der Waals surface area contributed by atoms with Crippen LogP contribution in [0.25, 0.3) is 17.0 Å². The molecule has 0 fully saturated rings. The molecule has 1 aliphatic rings. The molecule has 2 aromatic carbocycles. The molecule has 0 saturated heterocycles. The van der Waals surface area contributed by atoms with Gasteiger partial charge in [0.15, 0.2) is 12.7 Å². The number of hydrogen-bond donors (Lipinski definition) is 2. The van der Waals surface area contributed by atoms with Gasteiger partial charge in [-0.05, 0) is 35.9 Å². The second-order valence-electron chi connectivity index (χ2n) is 7.21. The highest BCUT2D eigenvalue weighted by molar-refractivity contribution is 9.10. The van der Waals surface area contributed by atoms with Crippen LogP contribution >= 0.6 is 27.7 Å². The van der Waals surface area contributed by atoms with E-state index in [1.165, 1.54) is 0 Å². The van der Waals surface area contributed by atoms with Crippen molar-refractivity contribution < 1.29 is 19.9 Å². The summed E-state index contributed by atoms with van der Waals surface area (Å²) in [7, 11) is 0. The monoisotopic (exact) mass is 498 g/mol. The van der Waals surface area contributed by atoms with Gasteiger partial charge in [0.25, 0.3) is 0 Å². The lowest BCUT2D eigenvalue weighted by Gasteiger charge is -2.22. The van der Waals surface area contributed by atoms with E-state index in [1.54, 1.807) is 11.8 Å². The Bertz CT molecular complexity index is 1150. The fourth-order valence-corrected chi connectivity index (χ4v) is 5.08. The van der Waals surface area contributed by atoms with Crippen LogP contribution in [0.5, 0.6) is 0 Å². The van der Waals surface area contributed by atoms with Crippen LogP contribution in [0.15, 0.2) is 81.3 Å². The molecule has 1 aromatic heterocycles. The molecule has 7 heteroatoms. The highest BCUT2D eigenvalue weighted by atomic mass is 79.9. The summed E-state index contributed by atoms with van der Waals surface area (Å²) in [6.07, 6.45) is 7.23. The van der Waals surface area contributed by atoms with E-state index in [1.807, 2.05) is 65.4 Å². The molecule has 3 aromatic rings. The molecule has 0 saturated carbocycles. The summed E-state index contributed by atoms with van der Waals surface area (Å²) < 4.78 is 2.94. The van der Waals surface area contributed by atoms with Crippen molar-refractivity contribution in [1.29, 1.82) is 0 Å². The van der Waals surface area contributed by atoms with Crippen molar-refractivity contribution in [3.8, 4) is 0 Å². The number of pyridine rings is 1. The average Bonchev–Trinajstić information content (AvgIpc) is 3.12. The van der Waals surface area contributed by atoms with E-state index in [-0.39, 0.29) is 13.2 Å². The van der Waals surface area contributed by atoms with Crippen LogP contribution in [0.1, 0.15) is 5.56 Å². The minimum absolute atomic E-state index is 0.170. The third kappa shape index (κ3) is 4.86. The summed E-state index contributed by atoms with van der Waals surface area (Å²) in [5, 5.41) is 32.5. The first kappa shape index (κ1) is 22.0. The van der Waals surface area contributed by atoms with Gasteiger partial charge in [-0.2, -0.15) is 4.57 Å². The van der Waals surface area contributed by atoms with E-state index in [2.05, 4.69) is 33.0 Å². The first-order chi connectivity index (χ1) is 15.1. The zero-order chi connectivity index (χ0) is 21.8. The molecule has 0 aliphatic carbocycles. The van der Waals surface area contributed by atoms with Crippen molar-refractivity contribution in [2.45, 2.75) is 17.5 Å². The van der Waals surface area contributed by atoms with Gasteiger partial charge in [0.1, 0.15) is 6.10 Å². The molecule has 1 unspecified atom stereocenters. The number of nitrogens with zero attached hydrogens (tertiary/aromatic N) is 2. The minimum Gasteiger partial charge on any atom is -0.853 e. The summed E-state index contributed by atoms with van der Waals surface area (Å²) in [6, 6.07) is 16.1. The molecule has 0 bridgehead atoms. The molecule has 160 valence electrons. The largest absolute Gasteiger partial charge is 0.853 e. The maximum atomic E-state index is 11.4. The molecular formula is C24H23BrN2O3S. The summed E-state index contributed by atoms with van der Waals surface area (Å²) in [4.78, 5) is 3.21. The Morgan fingerprint density at radius 1 is 1.19 bits per heavy atom. The lowest BCUT2D eigenvalue weighted by Crippen LogP contribution is -2.41. The first-order valence-corrected chi connectivity index (χ1v) is 11.6. The number of anilines is 1. The SMILES string of the molecule is [O-]CCN1C(=CC=Cc2cc[n+](CC(O)CO)c3ccccc23)Sc2ccc(Br)cc21. The number of para-hydroxylation sites is 1. The molecule has 1 atom stereocenters. The lowest BCUT2D eigenvalue weighted by molar-refractivity contribution is -0.678. The van der Waals surface area contributed by atoms with Crippen molar-refractivity contribution >= 4 is 50.4 Å². The van der Waals surface area contributed by atoms with Gasteiger partial charge in [0, 0.05) is 28.0 Å². The number of hydrogen-bond acceptors (Lipinski definition) is 5. The maximum Gasteiger partial charge on any atom is 0.213 e. The number of rotatable bonds is 7. The maximum absolute atomic E-state index is 11.4.